The highest BCUT2D eigenvalue weighted by Gasteiger charge is 2.34. The SMILES string of the molecule is CC[C@H](C(=O)NC1CCCC1)N(Cc1ccccc1C)C(=O)CN(c1ccccc1)S(=O)(=O)N(C)C. The lowest BCUT2D eigenvalue weighted by molar-refractivity contribution is -0.140. The number of hydrogen-bond acceptors (Lipinski definition) is 4. The first-order valence-electron chi connectivity index (χ1n) is 12.5. The predicted octanol–water partition coefficient (Wildman–Crippen LogP) is 3.47. The fourth-order valence-corrected chi connectivity index (χ4v) is 5.63. The normalized spacial score (nSPS) is 15.0. The Bertz CT molecular complexity index is 1130. The third-order valence-electron chi connectivity index (χ3n) is 6.75. The summed E-state index contributed by atoms with van der Waals surface area (Å²) in [4.78, 5) is 28.8. The van der Waals surface area contributed by atoms with Crippen LogP contribution >= 0.6 is 0 Å². The molecule has 196 valence electrons. The number of carbonyl (C=O) groups is 2. The second kappa shape index (κ2) is 12.4. The van der Waals surface area contributed by atoms with Crippen LogP contribution in [0.1, 0.15) is 50.2 Å². The molecule has 1 atom stereocenters. The molecule has 0 aliphatic heterocycles. The van der Waals surface area contributed by atoms with Crippen molar-refractivity contribution in [3.05, 3.63) is 65.7 Å². The van der Waals surface area contributed by atoms with E-state index in [1.54, 1.807) is 30.3 Å². The average Bonchev–Trinajstić information content (AvgIpc) is 3.36. The summed E-state index contributed by atoms with van der Waals surface area (Å²) in [6.07, 6.45) is 4.47. The molecular weight excluding hydrogens is 476 g/mol. The number of benzene rings is 2. The van der Waals surface area contributed by atoms with Crippen molar-refractivity contribution in [1.82, 2.24) is 14.5 Å². The monoisotopic (exact) mass is 514 g/mol. The molecule has 0 spiro atoms. The Morgan fingerprint density at radius 3 is 2.19 bits per heavy atom. The first-order chi connectivity index (χ1) is 17.1. The Morgan fingerprint density at radius 1 is 1.00 bits per heavy atom. The zero-order valence-electron chi connectivity index (χ0n) is 21.7. The smallest absolute Gasteiger partial charge is 0.304 e. The summed E-state index contributed by atoms with van der Waals surface area (Å²) in [5.74, 6) is -0.617. The summed E-state index contributed by atoms with van der Waals surface area (Å²) in [6.45, 7) is 3.64. The van der Waals surface area contributed by atoms with Crippen molar-refractivity contribution in [3.63, 3.8) is 0 Å². The van der Waals surface area contributed by atoms with Crippen LogP contribution in [0.25, 0.3) is 0 Å². The average molecular weight is 515 g/mol. The van der Waals surface area contributed by atoms with Gasteiger partial charge in [0.05, 0.1) is 5.69 Å². The molecule has 1 aliphatic carbocycles. The second-order valence-electron chi connectivity index (χ2n) is 9.49. The minimum atomic E-state index is -3.95. The molecule has 0 unspecified atom stereocenters. The number of anilines is 1. The highest BCUT2D eigenvalue weighted by atomic mass is 32.2. The molecule has 0 saturated heterocycles. The van der Waals surface area contributed by atoms with Crippen LogP contribution in [0, 0.1) is 6.92 Å². The molecule has 36 heavy (non-hydrogen) atoms. The van der Waals surface area contributed by atoms with Gasteiger partial charge >= 0.3 is 10.2 Å². The van der Waals surface area contributed by atoms with Crippen molar-refractivity contribution in [2.24, 2.45) is 0 Å². The standard InChI is InChI=1S/C27H38N4O4S/c1-5-25(27(33)28-23-15-11-12-16-23)30(19-22-14-10-9-13-21(22)2)26(32)20-31(36(34,35)29(3)4)24-17-7-6-8-18-24/h6-10,13-14,17-18,23,25H,5,11-12,15-16,19-20H2,1-4H3,(H,28,33)/t25-/m1/s1. The minimum Gasteiger partial charge on any atom is -0.352 e. The molecule has 2 amide bonds. The first-order valence-corrected chi connectivity index (χ1v) is 13.9. The Labute approximate surface area is 215 Å². The van der Waals surface area contributed by atoms with Gasteiger partial charge in [0.25, 0.3) is 0 Å². The summed E-state index contributed by atoms with van der Waals surface area (Å²) >= 11 is 0. The summed E-state index contributed by atoms with van der Waals surface area (Å²) in [5, 5.41) is 3.13. The van der Waals surface area contributed by atoms with Crippen LogP contribution in [0.4, 0.5) is 5.69 Å². The zero-order valence-corrected chi connectivity index (χ0v) is 22.5. The van der Waals surface area contributed by atoms with Gasteiger partial charge in [-0.2, -0.15) is 12.7 Å². The van der Waals surface area contributed by atoms with Gasteiger partial charge in [-0.1, -0.05) is 62.2 Å². The van der Waals surface area contributed by atoms with E-state index in [4.69, 9.17) is 0 Å². The van der Waals surface area contributed by atoms with Gasteiger partial charge in [0.2, 0.25) is 11.8 Å². The summed E-state index contributed by atoms with van der Waals surface area (Å²) in [7, 11) is -1.08. The van der Waals surface area contributed by atoms with E-state index in [9.17, 15) is 18.0 Å². The quantitative estimate of drug-likeness (QED) is 0.497. The van der Waals surface area contributed by atoms with Gasteiger partial charge in [-0.25, -0.2) is 4.31 Å². The number of aryl methyl sites for hydroxylation is 1. The molecule has 1 N–H and O–H groups in total. The highest BCUT2D eigenvalue weighted by molar-refractivity contribution is 7.90. The molecule has 2 aromatic carbocycles. The Hall–Kier alpha value is -2.91. The van der Waals surface area contributed by atoms with Crippen LogP contribution in [0.3, 0.4) is 0 Å². The second-order valence-corrected chi connectivity index (χ2v) is 11.6. The molecule has 2 aromatic rings. The van der Waals surface area contributed by atoms with Crippen LogP contribution in [-0.4, -0.2) is 62.2 Å². The Kier molecular flexibility index (Phi) is 9.50. The molecule has 0 radical (unpaired) electrons. The number of amides is 2. The van der Waals surface area contributed by atoms with Crippen LogP contribution in [-0.2, 0) is 26.3 Å². The molecular formula is C27H38N4O4S. The third kappa shape index (κ3) is 6.64. The van der Waals surface area contributed by atoms with Crippen molar-refractivity contribution >= 4 is 27.7 Å². The van der Waals surface area contributed by atoms with E-state index in [1.165, 1.54) is 19.0 Å². The third-order valence-corrected chi connectivity index (χ3v) is 8.57. The van der Waals surface area contributed by atoms with Gasteiger partial charge < -0.3 is 10.2 Å². The van der Waals surface area contributed by atoms with E-state index in [0.717, 1.165) is 45.4 Å². The first kappa shape index (κ1) is 27.7. The van der Waals surface area contributed by atoms with E-state index >= 15 is 0 Å². The van der Waals surface area contributed by atoms with Gasteiger partial charge in [-0.15, -0.1) is 0 Å². The fourth-order valence-electron chi connectivity index (χ4n) is 4.57. The number of rotatable bonds is 11. The molecule has 8 nitrogen and oxygen atoms in total. The number of para-hydroxylation sites is 1. The largest absolute Gasteiger partial charge is 0.352 e. The molecule has 1 fully saturated rings. The number of nitrogens with one attached hydrogen (secondary N) is 1. The van der Waals surface area contributed by atoms with Crippen LogP contribution in [0.5, 0.6) is 0 Å². The van der Waals surface area contributed by atoms with Gasteiger partial charge in [0.1, 0.15) is 12.6 Å². The van der Waals surface area contributed by atoms with Gasteiger partial charge in [-0.3, -0.25) is 9.59 Å². The maximum absolute atomic E-state index is 13.9. The Morgan fingerprint density at radius 2 is 1.61 bits per heavy atom. The summed E-state index contributed by atoms with van der Waals surface area (Å²) in [5.41, 5.74) is 2.31. The molecule has 9 heteroatoms. The van der Waals surface area contributed by atoms with Gasteiger partial charge in [0, 0.05) is 26.7 Å². The molecule has 3 rings (SSSR count). The van der Waals surface area contributed by atoms with Crippen LogP contribution < -0.4 is 9.62 Å². The van der Waals surface area contributed by atoms with E-state index in [-0.39, 0.29) is 18.5 Å². The number of carbonyl (C=O) groups excluding carboxylic acids is 2. The summed E-state index contributed by atoms with van der Waals surface area (Å²) < 4.78 is 28.6. The van der Waals surface area contributed by atoms with Gasteiger partial charge in [-0.05, 0) is 49.4 Å². The van der Waals surface area contributed by atoms with Crippen molar-refractivity contribution in [2.45, 2.75) is 64.6 Å². The maximum Gasteiger partial charge on any atom is 0.304 e. The molecule has 1 aliphatic rings. The summed E-state index contributed by atoms with van der Waals surface area (Å²) in [6, 6.07) is 15.7. The fraction of sp³-hybridized carbons (Fsp3) is 0.481. The van der Waals surface area contributed by atoms with E-state index in [1.807, 2.05) is 38.1 Å². The molecule has 1 saturated carbocycles. The lowest BCUT2D eigenvalue weighted by atomic mass is 10.1. The molecule has 0 aromatic heterocycles. The van der Waals surface area contributed by atoms with Crippen molar-refractivity contribution in [2.75, 3.05) is 24.9 Å². The number of nitrogens with zero attached hydrogens (tertiary/aromatic N) is 3. The number of hydrogen-bond donors (Lipinski definition) is 1. The van der Waals surface area contributed by atoms with Crippen molar-refractivity contribution < 1.29 is 18.0 Å². The van der Waals surface area contributed by atoms with E-state index < -0.39 is 28.7 Å². The molecule has 0 bridgehead atoms. The molecule has 0 heterocycles. The minimum absolute atomic E-state index is 0.122. The van der Waals surface area contributed by atoms with Crippen LogP contribution in [0.2, 0.25) is 0 Å². The highest BCUT2D eigenvalue weighted by Crippen LogP contribution is 2.23. The van der Waals surface area contributed by atoms with E-state index in [2.05, 4.69) is 5.32 Å². The van der Waals surface area contributed by atoms with Crippen molar-refractivity contribution in [3.8, 4) is 0 Å². The maximum atomic E-state index is 13.9. The van der Waals surface area contributed by atoms with Crippen molar-refractivity contribution in [1.29, 1.82) is 0 Å². The van der Waals surface area contributed by atoms with E-state index in [0.29, 0.717) is 12.1 Å². The lowest BCUT2D eigenvalue weighted by Crippen LogP contribution is -2.54. The van der Waals surface area contributed by atoms with Crippen LogP contribution in [0.15, 0.2) is 54.6 Å². The predicted molar refractivity (Wildman–Crippen MR) is 143 cm³/mol. The topological polar surface area (TPSA) is 90.0 Å². The lowest BCUT2D eigenvalue weighted by Gasteiger charge is -2.34. The zero-order chi connectivity index (χ0) is 26.3. The van der Waals surface area contributed by atoms with Gasteiger partial charge in [0.15, 0.2) is 0 Å². The Balaban J connectivity index is 1.96.